The minimum absolute atomic E-state index is 0.0784. The number of aromatic nitrogens is 1. The Morgan fingerprint density at radius 1 is 1.09 bits per heavy atom. The van der Waals surface area contributed by atoms with E-state index in [4.69, 9.17) is 4.74 Å². The third kappa shape index (κ3) is 6.10. The predicted octanol–water partition coefficient (Wildman–Crippen LogP) is 3.42. The van der Waals surface area contributed by atoms with Crippen LogP contribution in [-0.4, -0.2) is 41.2 Å². The van der Waals surface area contributed by atoms with Gasteiger partial charge in [0.2, 0.25) is 0 Å². The average molecular weight is 463 g/mol. The van der Waals surface area contributed by atoms with Crippen LogP contribution in [0.2, 0.25) is 0 Å². The second-order valence-corrected chi connectivity index (χ2v) is 8.33. The quantitative estimate of drug-likeness (QED) is 0.289. The van der Waals surface area contributed by atoms with Gasteiger partial charge in [0.05, 0.1) is 12.8 Å². The molecule has 1 unspecified atom stereocenters. The molecule has 2 amide bonds. The zero-order valence-corrected chi connectivity index (χ0v) is 19.9. The summed E-state index contributed by atoms with van der Waals surface area (Å²) in [6, 6.07) is 14.0. The van der Waals surface area contributed by atoms with Crippen LogP contribution in [0.25, 0.3) is 10.9 Å². The molecule has 1 aromatic heterocycles. The van der Waals surface area contributed by atoms with Crippen molar-refractivity contribution in [1.29, 1.82) is 0 Å². The van der Waals surface area contributed by atoms with Gasteiger partial charge in [-0.1, -0.05) is 49.7 Å². The summed E-state index contributed by atoms with van der Waals surface area (Å²) in [6.45, 7) is 7.81. The van der Waals surface area contributed by atoms with E-state index in [2.05, 4.69) is 15.8 Å². The number of carbonyl (C=O) groups is 3. The molecule has 8 nitrogen and oxygen atoms in total. The Balaban J connectivity index is 1.71. The summed E-state index contributed by atoms with van der Waals surface area (Å²) in [7, 11) is 0. The molecule has 0 fully saturated rings. The lowest BCUT2D eigenvalue weighted by molar-refractivity contribution is -0.143. The van der Waals surface area contributed by atoms with Crippen molar-refractivity contribution in [2.24, 2.45) is 11.0 Å². The lowest BCUT2D eigenvalue weighted by atomic mass is 10.0. The number of para-hydroxylation sites is 1. The van der Waals surface area contributed by atoms with Gasteiger partial charge in [-0.15, -0.1) is 0 Å². The second kappa shape index (κ2) is 11.3. The van der Waals surface area contributed by atoms with Crippen LogP contribution < -0.4 is 10.7 Å². The number of hydrogen-bond donors (Lipinski definition) is 2. The maximum Gasteiger partial charge on any atom is 0.325 e. The van der Waals surface area contributed by atoms with Crippen LogP contribution in [0.3, 0.4) is 0 Å². The monoisotopic (exact) mass is 462 g/mol. The van der Waals surface area contributed by atoms with Crippen molar-refractivity contribution in [3.63, 3.8) is 0 Å². The van der Waals surface area contributed by atoms with Gasteiger partial charge in [-0.2, -0.15) is 5.10 Å². The minimum Gasteiger partial charge on any atom is -0.465 e. The Labute approximate surface area is 199 Å². The highest BCUT2D eigenvalue weighted by molar-refractivity contribution is 6.01. The largest absolute Gasteiger partial charge is 0.465 e. The highest BCUT2D eigenvalue weighted by Crippen LogP contribution is 2.20. The first kappa shape index (κ1) is 24.7. The van der Waals surface area contributed by atoms with Gasteiger partial charge in [0.25, 0.3) is 11.8 Å². The lowest BCUT2D eigenvalue weighted by Crippen LogP contribution is -2.48. The second-order valence-electron chi connectivity index (χ2n) is 8.33. The molecule has 178 valence electrons. The molecule has 0 saturated carbocycles. The summed E-state index contributed by atoms with van der Waals surface area (Å²) in [5.74, 6) is -1.21. The van der Waals surface area contributed by atoms with Gasteiger partial charge in [0, 0.05) is 28.2 Å². The summed E-state index contributed by atoms with van der Waals surface area (Å²) >= 11 is 0. The molecular weight excluding hydrogens is 432 g/mol. The van der Waals surface area contributed by atoms with E-state index in [1.54, 1.807) is 29.8 Å². The van der Waals surface area contributed by atoms with E-state index in [1.165, 1.54) is 6.21 Å². The van der Waals surface area contributed by atoms with Gasteiger partial charge in [0.15, 0.2) is 0 Å². The summed E-state index contributed by atoms with van der Waals surface area (Å²) < 4.78 is 6.84. The van der Waals surface area contributed by atoms with Gasteiger partial charge in [-0.25, -0.2) is 5.43 Å². The number of nitrogens with one attached hydrogen (secondary N) is 2. The summed E-state index contributed by atoms with van der Waals surface area (Å²) in [5, 5.41) is 7.78. The number of fused-ring (bicyclic) bond motifs is 1. The normalized spacial score (nSPS) is 12.1. The fourth-order valence-electron chi connectivity index (χ4n) is 3.55. The predicted molar refractivity (Wildman–Crippen MR) is 132 cm³/mol. The zero-order valence-electron chi connectivity index (χ0n) is 19.9. The van der Waals surface area contributed by atoms with Crippen LogP contribution in [0.1, 0.15) is 42.3 Å². The van der Waals surface area contributed by atoms with Crippen LogP contribution in [-0.2, 0) is 20.9 Å². The molecule has 2 aromatic carbocycles. The van der Waals surface area contributed by atoms with E-state index < -0.39 is 11.9 Å². The molecule has 0 aliphatic rings. The zero-order chi connectivity index (χ0) is 24.7. The standard InChI is InChI=1S/C26H30N4O4/c1-5-34-23(31)16-30-15-20(21-8-6-7-9-22(21)30)14-27-29-26(33)24(17(2)3)28-25(32)19-12-10-18(4)11-13-19/h6-15,17,24H,5,16H2,1-4H3,(H,28,32)(H,29,33)/b27-14-. The van der Waals surface area contributed by atoms with Crippen LogP contribution in [0.5, 0.6) is 0 Å². The van der Waals surface area contributed by atoms with Crippen molar-refractivity contribution in [3.05, 3.63) is 71.4 Å². The van der Waals surface area contributed by atoms with Crippen molar-refractivity contribution in [3.8, 4) is 0 Å². The van der Waals surface area contributed by atoms with Gasteiger partial charge in [0.1, 0.15) is 12.6 Å². The SMILES string of the molecule is CCOC(=O)Cn1cc(/C=N\NC(=O)C(NC(=O)c2ccc(C)cc2)C(C)C)c2ccccc21. The summed E-state index contributed by atoms with van der Waals surface area (Å²) in [4.78, 5) is 37.3. The number of ether oxygens (including phenoxy) is 1. The Kier molecular flexibility index (Phi) is 8.19. The van der Waals surface area contributed by atoms with Gasteiger partial charge < -0.3 is 14.6 Å². The maximum atomic E-state index is 12.8. The van der Waals surface area contributed by atoms with Gasteiger partial charge >= 0.3 is 5.97 Å². The van der Waals surface area contributed by atoms with Crippen molar-refractivity contribution >= 4 is 34.9 Å². The third-order valence-corrected chi connectivity index (χ3v) is 5.35. The molecule has 0 saturated heterocycles. The molecule has 1 heterocycles. The number of hydrogen-bond acceptors (Lipinski definition) is 5. The number of esters is 1. The molecule has 0 aliphatic heterocycles. The first-order valence-electron chi connectivity index (χ1n) is 11.2. The van der Waals surface area contributed by atoms with E-state index in [-0.39, 0.29) is 24.3 Å². The minimum atomic E-state index is -0.754. The van der Waals surface area contributed by atoms with Crippen molar-refractivity contribution in [2.45, 2.75) is 40.3 Å². The molecule has 8 heteroatoms. The van der Waals surface area contributed by atoms with E-state index in [9.17, 15) is 14.4 Å². The molecule has 3 rings (SSSR count). The number of nitrogens with zero attached hydrogens (tertiary/aromatic N) is 2. The van der Waals surface area contributed by atoms with E-state index >= 15 is 0 Å². The highest BCUT2D eigenvalue weighted by Gasteiger charge is 2.24. The number of carbonyl (C=O) groups excluding carboxylic acids is 3. The fraction of sp³-hybridized carbons (Fsp3) is 0.308. The number of amides is 2. The maximum absolute atomic E-state index is 12.8. The molecule has 0 radical (unpaired) electrons. The van der Waals surface area contributed by atoms with E-state index in [1.807, 2.05) is 57.2 Å². The van der Waals surface area contributed by atoms with E-state index in [0.717, 1.165) is 22.0 Å². The Morgan fingerprint density at radius 3 is 2.47 bits per heavy atom. The highest BCUT2D eigenvalue weighted by atomic mass is 16.5. The van der Waals surface area contributed by atoms with Crippen LogP contribution in [0, 0.1) is 12.8 Å². The molecule has 0 spiro atoms. The summed E-state index contributed by atoms with van der Waals surface area (Å²) in [5.41, 5.74) is 5.66. The molecule has 34 heavy (non-hydrogen) atoms. The van der Waals surface area contributed by atoms with Gasteiger partial charge in [-0.3, -0.25) is 14.4 Å². The Bertz CT molecular complexity index is 1200. The molecule has 3 aromatic rings. The Morgan fingerprint density at radius 2 is 1.79 bits per heavy atom. The van der Waals surface area contributed by atoms with Crippen molar-refractivity contribution < 1.29 is 19.1 Å². The van der Waals surface area contributed by atoms with E-state index in [0.29, 0.717) is 12.2 Å². The molecule has 0 aliphatic carbocycles. The first-order valence-corrected chi connectivity index (χ1v) is 11.2. The number of aryl methyl sites for hydroxylation is 1. The lowest BCUT2D eigenvalue weighted by Gasteiger charge is -2.20. The smallest absolute Gasteiger partial charge is 0.325 e. The van der Waals surface area contributed by atoms with Crippen LogP contribution >= 0.6 is 0 Å². The molecule has 0 bridgehead atoms. The third-order valence-electron chi connectivity index (χ3n) is 5.35. The van der Waals surface area contributed by atoms with Crippen LogP contribution in [0.4, 0.5) is 0 Å². The molecule has 1 atom stereocenters. The van der Waals surface area contributed by atoms with Gasteiger partial charge in [-0.05, 0) is 38.0 Å². The average Bonchev–Trinajstić information content (AvgIpc) is 3.15. The topological polar surface area (TPSA) is 102 Å². The van der Waals surface area contributed by atoms with Crippen LogP contribution in [0.15, 0.2) is 59.8 Å². The molecule has 2 N–H and O–H groups in total. The van der Waals surface area contributed by atoms with Crippen molar-refractivity contribution in [2.75, 3.05) is 6.61 Å². The molecular formula is C26H30N4O4. The Hall–Kier alpha value is -3.94. The number of hydrazone groups is 1. The van der Waals surface area contributed by atoms with Crippen molar-refractivity contribution in [1.82, 2.24) is 15.3 Å². The summed E-state index contributed by atoms with van der Waals surface area (Å²) in [6.07, 6.45) is 3.32. The number of benzene rings is 2. The first-order chi connectivity index (χ1) is 16.3. The number of rotatable bonds is 9. The fourth-order valence-corrected chi connectivity index (χ4v) is 3.55.